The lowest BCUT2D eigenvalue weighted by atomic mass is 10.1. The van der Waals surface area contributed by atoms with Gasteiger partial charge in [0.15, 0.2) is 0 Å². The molecule has 2 N–H and O–H groups in total. The molecule has 0 saturated heterocycles. The predicted molar refractivity (Wildman–Crippen MR) is 95.8 cm³/mol. The number of nitrogens with zero attached hydrogens (tertiary/aromatic N) is 2. The van der Waals surface area contributed by atoms with Gasteiger partial charge in [0.05, 0.1) is 17.8 Å². The van der Waals surface area contributed by atoms with Gasteiger partial charge >= 0.3 is 0 Å². The van der Waals surface area contributed by atoms with Crippen molar-refractivity contribution in [3.05, 3.63) is 51.3 Å². The minimum Gasteiger partial charge on any atom is -0.352 e. The van der Waals surface area contributed by atoms with E-state index in [0.29, 0.717) is 18.7 Å². The smallest absolute Gasteiger partial charge is 0.255 e. The number of hydrogen-bond acceptors (Lipinski definition) is 3. The number of benzene rings is 1. The molecule has 0 bridgehead atoms. The zero-order chi connectivity index (χ0) is 16.8. The zero-order valence-electron chi connectivity index (χ0n) is 13.8. The Balaban J connectivity index is 2.11. The number of nitrogens with one attached hydrogen (secondary N) is 2. The lowest BCUT2D eigenvalue weighted by Gasteiger charge is -2.07. The molecule has 0 saturated carbocycles. The van der Waals surface area contributed by atoms with Crippen molar-refractivity contribution < 1.29 is 4.79 Å². The number of carbonyl (C=O) groups is 1. The molecule has 0 unspecified atom stereocenters. The minimum atomic E-state index is -0.0448. The van der Waals surface area contributed by atoms with E-state index in [1.54, 1.807) is 0 Å². The Morgan fingerprint density at radius 1 is 1.30 bits per heavy atom. The third kappa shape index (κ3) is 4.65. The second kappa shape index (κ2) is 8.26. The first-order valence-corrected chi connectivity index (χ1v) is 8.53. The summed E-state index contributed by atoms with van der Waals surface area (Å²) in [4.78, 5) is 12.4. The molecule has 1 aromatic carbocycles. The van der Waals surface area contributed by atoms with Gasteiger partial charge in [0.25, 0.3) is 5.91 Å². The zero-order valence-corrected chi connectivity index (χ0v) is 15.4. The van der Waals surface area contributed by atoms with Crippen LogP contribution in [0.15, 0.2) is 28.7 Å². The summed E-state index contributed by atoms with van der Waals surface area (Å²) in [6, 6.07) is 8.11. The summed E-state index contributed by atoms with van der Waals surface area (Å²) in [5.74, 6) is -0.0448. The van der Waals surface area contributed by atoms with E-state index in [1.807, 2.05) is 37.7 Å². The Labute approximate surface area is 145 Å². The van der Waals surface area contributed by atoms with Gasteiger partial charge in [0, 0.05) is 16.7 Å². The molecule has 0 spiro atoms. The fourth-order valence-electron chi connectivity index (χ4n) is 2.54. The quantitative estimate of drug-likeness (QED) is 0.728. The van der Waals surface area contributed by atoms with E-state index in [0.717, 1.165) is 34.4 Å². The van der Waals surface area contributed by atoms with Crippen LogP contribution < -0.4 is 10.6 Å². The van der Waals surface area contributed by atoms with Gasteiger partial charge < -0.3 is 10.6 Å². The Morgan fingerprint density at radius 2 is 2.09 bits per heavy atom. The van der Waals surface area contributed by atoms with Crippen LogP contribution in [-0.4, -0.2) is 35.8 Å². The molecule has 0 atom stereocenters. The van der Waals surface area contributed by atoms with Crippen LogP contribution in [0.3, 0.4) is 0 Å². The van der Waals surface area contributed by atoms with Crippen LogP contribution in [0.5, 0.6) is 0 Å². The Kier molecular flexibility index (Phi) is 6.36. The summed E-state index contributed by atoms with van der Waals surface area (Å²) in [5, 5.41) is 10.6. The summed E-state index contributed by atoms with van der Waals surface area (Å²) in [7, 11) is 1.90. The van der Waals surface area contributed by atoms with Crippen LogP contribution in [0.25, 0.3) is 0 Å². The molecule has 124 valence electrons. The highest BCUT2D eigenvalue weighted by Gasteiger charge is 2.18. The maximum atomic E-state index is 12.4. The first-order valence-electron chi connectivity index (χ1n) is 7.74. The van der Waals surface area contributed by atoms with Gasteiger partial charge in [0.2, 0.25) is 0 Å². The molecule has 23 heavy (non-hydrogen) atoms. The van der Waals surface area contributed by atoms with E-state index < -0.39 is 0 Å². The maximum Gasteiger partial charge on any atom is 0.255 e. The predicted octanol–water partition coefficient (Wildman–Crippen LogP) is 2.65. The number of amides is 1. The van der Waals surface area contributed by atoms with Crippen molar-refractivity contribution in [1.82, 2.24) is 20.4 Å². The van der Waals surface area contributed by atoms with Crippen molar-refractivity contribution in [2.75, 3.05) is 20.1 Å². The van der Waals surface area contributed by atoms with Crippen LogP contribution in [0.4, 0.5) is 0 Å². The molecular formula is C17H23BrN4O. The van der Waals surface area contributed by atoms with Crippen LogP contribution in [0, 0.1) is 13.8 Å². The summed E-state index contributed by atoms with van der Waals surface area (Å²) >= 11 is 3.48. The fraction of sp³-hybridized carbons (Fsp3) is 0.412. The highest BCUT2D eigenvalue weighted by molar-refractivity contribution is 9.10. The number of halogens is 1. The standard InChI is InChI=1S/C17H23BrN4O/c1-12-16(17(23)20-9-5-8-19-3)13(2)22(21-12)11-14-6-4-7-15(18)10-14/h4,6-7,10,19H,5,8-9,11H2,1-3H3,(H,20,23). The van der Waals surface area contributed by atoms with Crippen LogP contribution >= 0.6 is 15.9 Å². The maximum absolute atomic E-state index is 12.4. The van der Waals surface area contributed by atoms with E-state index >= 15 is 0 Å². The lowest BCUT2D eigenvalue weighted by Crippen LogP contribution is -2.27. The SMILES string of the molecule is CNCCCNC(=O)c1c(C)nn(Cc2cccc(Br)c2)c1C. The van der Waals surface area contributed by atoms with Crippen LogP contribution in [0.2, 0.25) is 0 Å². The van der Waals surface area contributed by atoms with Crippen molar-refractivity contribution in [1.29, 1.82) is 0 Å². The summed E-state index contributed by atoms with van der Waals surface area (Å²) in [6.07, 6.45) is 0.909. The number of rotatable bonds is 7. The molecule has 0 radical (unpaired) electrons. The summed E-state index contributed by atoms with van der Waals surface area (Å²) in [5.41, 5.74) is 3.49. The second-order valence-corrected chi connectivity index (χ2v) is 6.46. The monoisotopic (exact) mass is 378 g/mol. The minimum absolute atomic E-state index is 0.0448. The van der Waals surface area contributed by atoms with E-state index in [9.17, 15) is 4.79 Å². The van der Waals surface area contributed by atoms with E-state index in [4.69, 9.17) is 0 Å². The molecule has 0 aliphatic carbocycles. The molecule has 1 heterocycles. The van der Waals surface area contributed by atoms with Gasteiger partial charge in [-0.25, -0.2) is 0 Å². The number of hydrogen-bond donors (Lipinski definition) is 2. The van der Waals surface area contributed by atoms with Crippen molar-refractivity contribution in [3.8, 4) is 0 Å². The van der Waals surface area contributed by atoms with E-state index in [-0.39, 0.29) is 5.91 Å². The Bertz CT molecular complexity index is 681. The third-order valence-electron chi connectivity index (χ3n) is 3.72. The van der Waals surface area contributed by atoms with Crippen molar-refractivity contribution in [2.24, 2.45) is 0 Å². The van der Waals surface area contributed by atoms with E-state index in [1.165, 1.54) is 0 Å². The first kappa shape index (κ1) is 17.7. The highest BCUT2D eigenvalue weighted by Crippen LogP contribution is 2.17. The van der Waals surface area contributed by atoms with Crippen LogP contribution in [0.1, 0.15) is 33.7 Å². The summed E-state index contributed by atoms with van der Waals surface area (Å²) < 4.78 is 2.93. The van der Waals surface area contributed by atoms with Gasteiger partial charge in [-0.3, -0.25) is 9.48 Å². The van der Waals surface area contributed by atoms with Crippen molar-refractivity contribution in [3.63, 3.8) is 0 Å². The average molecular weight is 379 g/mol. The van der Waals surface area contributed by atoms with Gasteiger partial charge in [-0.1, -0.05) is 28.1 Å². The topological polar surface area (TPSA) is 58.9 Å². The molecule has 2 aromatic rings. The number of aryl methyl sites for hydroxylation is 1. The normalized spacial score (nSPS) is 10.8. The van der Waals surface area contributed by atoms with Gasteiger partial charge in [0.1, 0.15) is 0 Å². The fourth-order valence-corrected chi connectivity index (χ4v) is 2.99. The summed E-state index contributed by atoms with van der Waals surface area (Å²) in [6.45, 7) is 6.03. The average Bonchev–Trinajstić information content (AvgIpc) is 2.78. The van der Waals surface area contributed by atoms with Gasteiger partial charge in [-0.15, -0.1) is 0 Å². The molecule has 0 aliphatic heterocycles. The molecule has 5 nitrogen and oxygen atoms in total. The number of carbonyl (C=O) groups excluding carboxylic acids is 1. The van der Waals surface area contributed by atoms with Crippen molar-refractivity contribution in [2.45, 2.75) is 26.8 Å². The first-order chi connectivity index (χ1) is 11.0. The lowest BCUT2D eigenvalue weighted by molar-refractivity contribution is 0.0952. The van der Waals surface area contributed by atoms with Crippen LogP contribution in [-0.2, 0) is 6.54 Å². The Hall–Kier alpha value is -1.66. The van der Waals surface area contributed by atoms with Crippen molar-refractivity contribution >= 4 is 21.8 Å². The molecule has 1 aromatic heterocycles. The van der Waals surface area contributed by atoms with Gasteiger partial charge in [-0.05, 0) is 51.6 Å². The molecular weight excluding hydrogens is 356 g/mol. The highest BCUT2D eigenvalue weighted by atomic mass is 79.9. The molecule has 0 fully saturated rings. The number of aromatic nitrogens is 2. The van der Waals surface area contributed by atoms with Gasteiger partial charge in [-0.2, -0.15) is 5.10 Å². The Morgan fingerprint density at radius 3 is 2.78 bits per heavy atom. The molecule has 6 heteroatoms. The molecule has 1 amide bonds. The third-order valence-corrected chi connectivity index (χ3v) is 4.21. The molecule has 0 aliphatic rings. The second-order valence-electron chi connectivity index (χ2n) is 5.55. The largest absolute Gasteiger partial charge is 0.352 e. The molecule has 2 rings (SSSR count). The van der Waals surface area contributed by atoms with E-state index in [2.05, 4.69) is 43.8 Å².